The third-order valence-electron chi connectivity index (χ3n) is 6.86. The molecule has 1 aliphatic carbocycles. The fourth-order valence-electron chi connectivity index (χ4n) is 4.53. The number of anilines is 2. The van der Waals surface area contributed by atoms with Crippen LogP contribution < -0.4 is 20.7 Å². The minimum absolute atomic E-state index is 0.00586. The van der Waals surface area contributed by atoms with Gasteiger partial charge in [-0.05, 0) is 38.8 Å². The third kappa shape index (κ3) is 6.30. The van der Waals surface area contributed by atoms with Crippen molar-refractivity contribution in [2.24, 2.45) is 0 Å². The van der Waals surface area contributed by atoms with Crippen LogP contribution in [0, 0.1) is 0 Å². The highest BCUT2D eigenvalue weighted by Gasteiger charge is 2.73. The van der Waals surface area contributed by atoms with Gasteiger partial charge in [-0.25, -0.2) is 13.9 Å². The molecular formula is C25H30F4N7O7P. The number of para-hydroxylation sites is 1. The van der Waals surface area contributed by atoms with E-state index in [1.807, 2.05) is 0 Å². The largest absolute Gasteiger partial charge is 0.465 e. The van der Waals surface area contributed by atoms with Gasteiger partial charge in [0, 0.05) is 6.04 Å². The predicted molar refractivity (Wildman–Crippen MR) is 146 cm³/mol. The number of alkyl halides is 4. The number of benzene rings is 1. The van der Waals surface area contributed by atoms with Gasteiger partial charge in [0.25, 0.3) is 5.67 Å². The summed E-state index contributed by atoms with van der Waals surface area (Å²) in [6.07, 6.45) is -10.6. The second-order valence-corrected chi connectivity index (χ2v) is 11.9. The molecule has 1 aliphatic heterocycles. The van der Waals surface area contributed by atoms with E-state index >= 15 is 4.39 Å². The monoisotopic (exact) mass is 647 g/mol. The summed E-state index contributed by atoms with van der Waals surface area (Å²) in [5.41, 5.74) is 1.09. The minimum atomic E-state index is -5.67. The Morgan fingerprint density at radius 1 is 1.30 bits per heavy atom. The Hall–Kier alpha value is -3.57. The molecule has 2 aliphatic rings. The molecule has 1 saturated carbocycles. The molecule has 0 radical (unpaired) electrons. The zero-order valence-corrected chi connectivity index (χ0v) is 24.3. The molecule has 3 heterocycles. The van der Waals surface area contributed by atoms with E-state index in [1.165, 1.54) is 19.1 Å². The number of aromatic nitrogens is 4. The van der Waals surface area contributed by atoms with Gasteiger partial charge in [0.15, 0.2) is 23.2 Å². The highest BCUT2D eigenvalue weighted by molar-refractivity contribution is 7.52. The van der Waals surface area contributed by atoms with Gasteiger partial charge in [-0.3, -0.25) is 13.9 Å². The van der Waals surface area contributed by atoms with Crippen LogP contribution in [0.3, 0.4) is 0 Å². The molecule has 0 bridgehead atoms. The predicted octanol–water partition coefficient (Wildman–Crippen LogP) is 3.26. The highest BCUT2D eigenvalue weighted by atomic mass is 31.2. The number of imidazole rings is 1. The second kappa shape index (κ2) is 12.1. The van der Waals surface area contributed by atoms with Crippen LogP contribution in [0.25, 0.3) is 11.2 Å². The lowest BCUT2D eigenvalue weighted by atomic mass is 9.95. The third-order valence-corrected chi connectivity index (χ3v) is 8.50. The van der Waals surface area contributed by atoms with Crippen molar-refractivity contribution in [3.63, 3.8) is 0 Å². The van der Waals surface area contributed by atoms with Crippen molar-refractivity contribution >= 4 is 36.6 Å². The smallest absolute Gasteiger partial charge is 0.459 e. The second-order valence-electron chi connectivity index (χ2n) is 10.2. The topological polar surface area (TPSA) is 185 Å². The Balaban J connectivity index is 1.44. The van der Waals surface area contributed by atoms with Gasteiger partial charge in [0.2, 0.25) is 5.95 Å². The van der Waals surface area contributed by atoms with E-state index in [1.54, 1.807) is 25.1 Å². The number of hydrogen-bond donors (Lipinski definition) is 4. The van der Waals surface area contributed by atoms with Crippen molar-refractivity contribution in [2.45, 2.75) is 69.1 Å². The first-order chi connectivity index (χ1) is 20.8. The maximum atomic E-state index is 16.1. The zero-order chi connectivity index (χ0) is 31.9. The van der Waals surface area contributed by atoms with Crippen molar-refractivity contribution in [1.29, 1.82) is 0 Å². The Labute approximate surface area is 247 Å². The normalized spacial score (nSPS) is 25.8. The average Bonchev–Trinajstić information content (AvgIpc) is 3.61. The van der Waals surface area contributed by atoms with Gasteiger partial charge in [-0.15, -0.1) is 0 Å². The minimum Gasteiger partial charge on any atom is -0.465 e. The number of nitrogens with two attached hydrogens (primary N) is 1. The van der Waals surface area contributed by atoms with Gasteiger partial charge in [-0.1, -0.05) is 18.2 Å². The molecule has 14 nitrogen and oxygen atoms in total. The van der Waals surface area contributed by atoms with Crippen LogP contribution in [0.5, 0.6) is 5.75 Å². The van der Waals surface area contributed by atoms with E-state index < -0.39 is 56.6 Å². The summed E-state index contributed by atoms with van der Waals surface area (Å²) in [4.78, 5) is 24.2. The lowest BCUT2D eigenvalue weighted by molar-refractivity contribution is -0.273. The summed E-state index contributed by atoms with van der Waals surface area (Å²) in [5.74, 6) is -0.991. The van der Waals surface area contributed by atoms with Crippen LogP contribution >= 0.6 is 7.75 Å². The lowest BCUT2D eigenvalue weighted by Crippen LogP contribution is -2.54. The summed E-state index contributed by atoms with van der Waals surface area (Å²) >= 11 is 0. The Bertz CT molecular complexity index is 1540. The van der Waals surface area contributed by atoms with E-state index in [0.717, 1.165) is 19.2 Å². The summed E-state index contributed by atoms with van der Waals surface area (Å²) in [7, 11) is -4.59. The number of nitrogens with one attached hydrogen (secondary N) is 2. The van der Waals surface area contributed by atoms with Gasteiger partial charge in [-0.2, -0.15) is 28.2 Å². The molecule has 0 spiro atoms. The average molecular weight is 648 g/mol. The lowest BCUT2D eigenvalue weighted by Gasteiger charge is -2.31. The fourth-order valence-corrected chi connectivity index (χ4v) is 6.03. The van der Waals surface area contributed by atoms with Gasteiger partial charge in [0.1, 0.15) is 24.0 Å². The van der Waals surface area contributed by atoms with Crippen molar-refractivity contribution in [3.05, 3.63) is 36.7 Å². The summed E-state index contributed by atoms with van der Waals surface area (Å²) < 4.78 is 94.6. The number of carbonyl (C=O) groups is 1. The number of ether oxygens (including phenoxy) is 2. The quantitative estimate of drug-likeness (QED) is 0.128. The van der Waals surface area contributed by atoms with Crippen LogP contribution in [0.4, 0.5) is 29.3 Å². The van der Waals surface area contributed by atoms with Gasteiger partial charge >= 0.3 is 19.9 Å². The fraction of sp³-hybridized carbons (Fsp3) is 0.520. The van der Waals surface area contributed by atoms with Crippen LogP contribution in [-0.2, 0) is 23.4 Å². The molecule has 0 unspecified atom stereocenters. The zero-order valence-electron chi connectivity index (χ0n) is 23.4. The number of esters is 1. The summed E-state index contributed by atoms with van der Waals surface area (Å²) in [5, 5.41) is 16.1. The van der Waals surface area contributed by atoms with Crippen LogP contribution in [0.2, 0.25) is 0 Å². The van der Waals surface area contributed by atoms with E-state index in [0.29, 0.717) is 4.57 Å². The number of rotatable bonds is 12. The number of hydrogen-bond acceptors (Lipinski definition) is 12. The molecule has 2 fully saturated rings. The number of halogens is 4. The maximum Gasteiger partial charge on any atom is 0.459 e. The first-order valence-corrected chi connectivity index (χ1v) is 15.1. The Morgan fingerprint density at radius 2 is 2.00 bits per heavy atom. The summed E-state index contributed by atoms with van der Waals surface area (Å²) in [6, 6.07) is 6.34. The molecule has 1 aromatic carbocycles. The molecule has 5 rings (SSSR count). The van der Waals surface area contributed by atoms with E-state index in [-0.39, 0.29) is 41.3 Å². The first-order valence-electron chi connectivity index (χ1n) is 13.5. The van der Waals surface area contributed by atoms with Crippen molar-refractivity contribution in [3.8, 4) is 5.75 Å². The Kier molecular flexibility index (Phi) is 8.74. The molecule has 19 heteroatoms. The number of nitrogen functional groups attached to an aromatic ring is 1. The van der Waals surface area contributed by atoms with E-state index in [2.05, 4.69) is 25.4 Å². The highest BCUT2D eigenvalue weighted by Crippen LogP contribution is 2.53. The number of aliphatic hydroxyl groups is 1. The molecule has 0 amide bonds. The van der Waals surface area contributed by atoms with Crippen LogP contribution in [-0.4, -0.2) is 79.9 Å². The number of nitrogens with zero attached hydrogens (tertiary/aromatic N) is 4. The van der Waals surface area contributed by atoms with Crippen molar-refractivity contribution in [1.82, 2.24) is 24.6 Å². The molecule has 5 N–H and O–H groups in total. The Morgan fingerprint density at radius 3 is 2.64 bits per heavy atom. The molecule has 44 heavy (non-hydrogen) atoms. The van der Waals surface area contributed by atoms with Gasteiger partial charge in [0.05, 0.1) is 19.5 Å². The summed E-state index contributed by atoms with van der Waals surface area (Å²) in [6.45, 7) is 1.78. The molecule has 6 atom stereocenters. The molecular weight excluding hydrogens is 617 g/mol. The van der Waals surface area contributed by atoms with E-state index in [9.17, 15) is 27.6 Å². The van der Waals surface area contributed by atoms with Crippen LogP contribution in [0.15, 0.2) is 36.7 Å². The molecule has 3 aromatic rings. The standard InChI is InChI=1S/C25H30F4N7O7P/c1-3-40-21(38)13(2)35-44(39,43-15-7-5-4-6-8-15)41-11-16-18(37)24(26,25(27,28)29)22(42-16)36-12-31-17-19(32-14-9-10-14)33-23(30)34-20(17)36/h4-8,12-14,16,18,22,37H,3,9-11H2,1-2H3,(H,35,39)(H3,30,32,33,34)/t13-,16-,18-,22-,24-,44-/m1/s1. The number of aliphatic hydroxyl groups excluding tert-OH is 1. The van der Waals surface area contributed by atoms with Crippen LogP contribution in [0.1, 0.15) is 32.9 Å². The van der Waals surface area contributed by atoms with Crippen molar-refractivity contribution < 1.29 is 50.5 Å². The molecule has 240 valence electrons. The van der Waals surface area contributed by atoms with Gasteiger partial charge < -0.3 is 30.2 Å². The molecule has 1 saturated heterocycles. The number of carbonyl (C=O) groups excluding carboxylic acids is 1. The molecule has 2 aromatic heterocycles. The first kappa shape index (κ1) is 31.8. The number of fused-ring (bicyclic) bond motifs is 1. The maximum absolute atomic E-state index is 16.1. The van der Waals surface area contributed by atoms with Crippen molar-refractivity contribution in [2.75, 3.05) is 24.3 Å². The SMILES string of the molecule is CCOC(=O)[C@@H](C)N[P@@](=O)(OC[C@H]1O[C@@H](n2cnc3c(NC4CC4)nc(N)nc32)[C@@](F)(C(F)(F)F)[C@@H]1O)Oc1ccccc1. The van der Waals surface area contributed by atoms with E-state index in [4.69, 9.17) is 24.3 Å².